The molecule has 3 nitrogen and oxygen atoms in total. The van der Waals surface area contributed by atoms with Gasteiger partial charge in [-0.2, -0.15) is 0 Å². The molecular weight excluding hydrogens is 339 g/mol. The van der Waals surface area contributed by atoms with Gasteiger partial charge in [-0.25, -0.2) is 9.38 Å². The molecule has 2 rings (SSSR count). The molecule has 2 aromatic rings. The Bertz CT molecular complexity index is 789. The fraction of sp³-hybridized carbons (Fsp3) is 0.300. The van der Waals surface area contributed by atoms with Crippen LogP contribution in [0.1, 0.15) is 34.8 Å². The molecule has 25 heavy (non-hydrogen) atoms. The number of benzene rings is 2. The number of halogens is 2. The number of rotatable bonds is 7. The standard InChI is InChI=1S/C20H22ClFN2O/c1-4-24(3)13-23-19-10-14(2)17(12-18(19)21)20(25)9-8-15-6-5-7-16(22)11-15/h5-7,10-13H,4,8-9H2,1-3H3/b23-13-. The summed E-state index contributed by atoms with van der Waals surface area (Å²) < 4.78 is 13.2. The lowest BCUT2D eigenvalue weighted by Gasteiger charge is -2.11. The molecular formula is C20H22ClFN2O. The Hall–Kier alpha value is -2.20. The van der Waals surface area contributed by atoms with E-state index in [-0.39, 0.29) is 11.6 Å². The van der Waals surface area contributed by atoms with Gasteiger partial charge in [-0.15, -0.1) is 0 Å². The second-order valence-electron chi connectivity index (χ2n) is 5.99. The molecule has 0 aliphatic heterocycles. The zero-order chi connectivity index (χ0) is 18.4. The highest BCUT2D eigenvalue weighted by atomic mass is 35.5. The summed E-state index contributed by atoms with van der Waals surface area (Å²) in [6.07, 6.45) is 2.52. The van der Waals surface area contributed by atoms with Crippen LogP contribution in [0.2, 0.25) is 5.02 Å². The average Bonchev–Trinajstić information content (AvgIpc) is 2.59. The highest BCUT2D eigenvalue weighted by molar-refractivity contribution is 6.33. The van der Waals surface area contributed by atoms with E-state index in [2.05, 4.69) is 4.99 Å². The summed E-state index contributed by atoms with van der Waals surface area (Å²) in [6, 6.07) is 9.80. The molecule has 0 saturated heterocycles. The molecule has 0 atom stereocenters. The molecule has 0 radical (unpaired) electrons. The van der Waals surface area contributed by atoms with Crippen LogP contribution < -0.4 is 0 Å². The van der Waals surface area contributed by atoms with Gasteiger partial charge in [-0.05, 0) is 55.7 Å². The fourth-order valence-electron chi connectivity index (χ4n) is 2.39. The van der Waals surface area contributed by atoms with Crippen LogP contribution in [0.5, 0.6) is 0 Å². The minimum Gasteiger partial charge on any atom is -0.366 e. The largest absolute Gasteiger partial charge is 0.366 e. The smallest absolute Gasteiger partial charge is 0.163 e. The molecule has 0 heterocycles. The van der Waals surface area contributed by atoms with Crippen LogP contribution in [0.25, 0.3) is 0 Å². The fourth-order valence-corrected chi connectivity index (χ4v) is 2.61. The first-order chi connectivity index (χ1) is 11.9. The van der Waals surface area contributed by atoms with E-state index in [1.807, 2.05) is 37.9 Å². The Kier molecular flexibility index (Phi) is 6.71. The Morgan fingerprint density at radius 1 is 1.32 bits per heavy atom. The number of ketones is 1. The third-order valence-electron chi connectivity index (χ3n) is 4.02. The van der Waals surface area contributed by atoms with Gasteiger partial charge in [0.25, 0.3) is 0 Å². The summed E-state index contributed by atoms with van der Waals surface area (Å²) in [5.74, 6) is -0.298. The van der Waals surface area contributed by atoms with E-state index in [1.165, 1.54) is 12.1 Å². The van der Waals surface area contributed by atoms with E-state index in [0.29, 0.717) is 29.1 Å². The first-order valence-electron chi connectivity index (χ1n) is 8.23. The Labute approximate surface area is 153 Å². The van der Waals surface area contributed by atoms with Gasteiger partial charge >= 0.3 is 0 Å². The number of carbonyl (C=O) groups is 1. The van der Waals surface area contributed by atoms with Crippen molar-refractivity contribution in [3.05, 3.63) is 63.9 Å². The first-order valence-corrected chi connectivity index (χ1v) is 8.60. The van der Waals surface area contributed by atoms with Crippen molar-refractivity contribution in [3.63, 3.8) is 0 Å². The summed E-state index contributed by atoms with van der Waals surface area (Å²) in [7, 11) is 1.93. The minimum absolute atomic E-state index is 0.00938. The third-order valence-corrected chi connectivity index (χ3v) is 4.32. The summed E-state index contributed by atoms with van der Waals surface area (Å²) in [5.41, 5.74) is 2.87. The Morgan fingerprint density at radius 2 is 2.08 bits per heavy atom. The number of Topliss-reactive ketones (excluding diaryl/α,β-unsaturated/α-hetero) is 1. The molecule has 2 aromatic carbocycles. The van der Waals surface area contributed by atoms with E-state index in [4.69, 9.17) is 11.6 Å². The summed E-state index contributed by atoms with van der Waals surface area (Å²) in [5, 5.41) is 0.445. The lowest BCUT2D eigenvalue weighted by Crippen LogP contribution is -2.14. The number of hydrogen-bond donors (Lipinski definition) is 0. The Balaban J connectivity index is 2.12. The number of carbonyl (C=O) groups excluding carboxylic acids is 1. The van der Waals surface area contributed by atoms with E-state index < -0.39 is 0 Å². The quantitative estimate of drug-likeness (QED) is 0.385. The molecule has 0 aromatic heterocycles. The van der Waals surface area contributed by atoms with Crippen LogP contribution in [0.15, 0.2) is 41.4 Å². The molecule has 0 N–H and O–H groups in total. The third kappa shape index (κ3) is 5.40. The van der Waals surface area contributed by atoms with Gasteiger partial charge in [-0.1, -0.05) is 23.7 Å². The van der Waals surface area contributed by atoms with Crippen molar-refractivity contribution in [2.45, 2.75) is 26.7 Å². The molecule has 132 valence electrons. The molecule has 0 aliphatic rings. The highest BCUT2D eigenvalue weighted by Gasteiger charge is 2.13. The molecule has 0 saturated carbocycles. The maximum Gasteiger partial charge on any atom is 0.163 e. The Morgan fingerprint density at radius 3 is 2.76 bits per heavy atom. The molecule has 0 amide bonds. The van der Waals surface area contributed by atoms with Gasteiger partial charge in [0, 0.05) is 25.6 Å². The van der Waals surface area contributed by atoms with Crippen LogP contribution in [0.4, 0.5) is 10.1 Å². The van der Waals surface area contributed by atoms with E-state index in [1.54, 1.807) is 18.5 Å². The molecule has 0 aliphatic carbocycles. The van der Waals surface area contributed by atoms with Gasteiger partial charge in [0.05, 0.1) is 17.0 Å². The lowest BCUT2D eigenvalue weighted by molar-refractivity contribution is 0.0982. The van der Waals surface area contributed by atoms with Crippen molar-refractivity contribution in [2.24, 2.45) is 4.99 Å². The predicted molar refractivity (Wildman–Crippen MR) is 102 cm³/mol. The number of aryl methyl sites for hydroxylation is 2. The zero-order valence-corrected chi connectivity index (χ0v) is 15.5. The molecule has 0 spiro atoms. The van der Waals surface area contributed by atoms with E-state index in [9.17, 15) is 9.18 Å². The number of hydrogen-bond acceptors (Lipinski definition) is 2. The summed E-state index contributed by atoms with van der Waals surface area (Å²) in [4.78, 5) is 18.8. The van der Waals surface area contributed by atoms with Crippen molar-refractivity contribution in [1.29, 1.82) is 0 Å². The normalized spacial score (nSPS) is 11.1. The lowest BCUT2D eigenvalue weighted by atomic mass is 9.99. The predicted octanol–water partition coefficient (Wildman–Crippen LogP) is 5.21. The maximum absolute atomic E-state index is 13.2. The minimum atomic E-state index is -0.288. The van der Waals surface area contributed by atoms with Crippen LogP contribution in [-0.4, -0.2) is 30.6 Å². The zero-order valence-electron chi connectivity index (χ0n) is 14.7. The molecule has 0 unspecified atom stereocenters. The van der Waals surface area contributed by atoms with Crippen LogP contribution in [0.3, 0.4) is 0 Å². The second-order valence-corrected chi connectivity index (χ2v) is 6.40. The van der Waals surface area contributed by atoms with Crippen molar-refractivity contribution < 1.29 is 9.18 Å². The van der Waals surface area contributed by atoms with Crippen molar-refractivity contribution in [3.8, 4) is 0 Å². The van der Waals surface area contributed by atoms with Gasteiger partial charge in [0.1, 0.15) is 5.82 Å². The molecule has 0 fully saturated rings. The number of nitrogens with zero attached hydrogens (tertiary/aromatic N) is 2. The second kappa shape index (κ2) is 8.77. The molecule has 5 heteroatoms. The van der Waals surface area contributed by atoms with Crippen LogP contribution in [-0.2, 0) is 6.42 Å². The number of aliphatic imine (C=N–C) groups is 1. The van der Waals surface area contributed by atoms with Crippen molar-refractivity contribution in [1.82, 2.24) is 4.90 Å². The monoisotopic (exact) mass is 360 g/mol. The topological polar surface area (TPSA) is 32.7 Å². The highest BCUT2D eigenvalue weighted by Crippen LogP contribution is 2.29. The SMILES string of the molecule is CCN(C)/C=N\c1cc(C)c(C(=O)CCc2cccc(F)c2)cc1Cl. The van der Waals surface area contributed by atoms with Crippen molar-refractivity contribution >= 4 is 29.4 Å². The van der Waals surface area contributed by atoms with Crippen molar-refractivity contribution in [2.75, 3.05) is 13.6 Å². The van der Waals surface area contributed by atoms with Gasteiger partial charge in [0.15, 0.2) is 5.78 Å². The summed E-state index contributed by atoms with van der Waals surface area (Å²) >= 11 is 6.28. The van der Waals surface area contributed by atoms with Gasteiger partial charge in [-0.3, -0.25) is 4.79 Å². The van der Waals surface area contributed by atoms with Gasteiger partial charge < -0.3 is 4.90 Å². The van der Waals surface area contributed by atoms with E-state index in [0.717, 1.165) is 17.7 Å². The first kappa shape index (κ1) is 19.1. The van der Waals surface area contributed by atoms with Crippen LogP contribution >= 0.6 is 11.6 Å². The molecule has 0 bridgehead atoms. The van der Waals surface area contributed by atoms with Gasteiger partial charge in [0.2, 0.25) is 0 Å². The van der Waals surface area contributed by atoms with Crippen LogP contribution in [0, 0.1) is 12.7 Å². The summed E-state index contributed by atoms with van der Waals surface area (Å²) in [6.45, 7) is 4.74. The van der Waals surface area contributed by atoms with E-state index >= 15 is 0 Å². The average molecular weight is 361 g/mol. The maximum atomic E-state index is 13.2.